The van der Waals surface area contributed by atoms with Crippen molar-refractivity contribution in [2.75, 3.05) is 25.5 Å². The molecule has 0 aliphatic carbocycles. The minimum atomic E-state index is -0.319. The summed E-state index contributed by atoms with van der Waals surface area (Å²) in [5.41, 5.74) is 1.46. The van der Waals surface area contributed by atoms with Crippen LogP contribution < -0.4 is 15.4 Å². The highest BCUT2D eigenvalue weighted by atomic mass is 16.6. The molecule has 31 heavy (non-hydrogen) atoms. The molecule has 1 aliphatic rings. The highest BCUT2D eigenvalue weighted by molar-refractivity contribution is 5.92. The number of benzene rings is 1. The monoisotopic (exact) mass is 429 g/mol. The van der Waals surface area contributed by atoms with Crippen molar-refractivity contribution in [3.8, 4) is 5.75 Å². The maximum atomic E-state index is 12.8. The summed E-state index contributed by atoms with van der Waals surface area (Å²) in [4.78, 5) is 27.0. The molecule has 0 bridgehead atoms. The molecular weight excluding hydrogens is 390 g/mol. The molecule has 2 N–H and O–H groups in total. The van der Waals surface area contributed by atoms with Crippen molar-refractivity contribution >= 4 is 17.7 Å². The number of carbonyl (C=O) groups excluding carboxylic acids is 2. The zero-order valence-electron chi connectivity index (χ0n) is 19.6. The molecule has 1 aliphatic heterocycles. The highest BCUT2D eigenvalue weighted by Gasteiger charge is 2.28. The van der Waals surface area contributed by atoms with Crippen LogP contribution in [-0.4, -0.2) is 43.1 Å². The first-order valence-corrected chi connectivity index (χ1v) is 11.6. The third-order valence-corrected chi connectivity index (χ3v) is 5.60. The lowest BCUT2D eigenvalue weighted by molar-refractivity contribution is -0.116. The number of nitrogens with zero attached hydrogens (tertiary/aromatic N) is 1. The Kier molecular flexibility index (Phi) is 10.6. The Balaban J connectivity index is 1.89. The van der Waals surface area contributed by atoms with Crippen LogP contribution in [-0.2, 0) is 4.79 Å². The van der Waals surface area contributed by atoms with Crippen molar-refractivity contribution in [2.24, 2.45) is 5.92 Å². The van der Waals surface area contributed by atoms with Crippen LogP contribution in [0, 0.1) is 12.8 Å². The van der Waals surface area contributed by atoms with Gasteiger partial charge in [-0.3, -0.25) is 4.79 Å². The molecule has 6 nitrogen and oxygen atoms in total. The molecule has 0 radical (unpaired) electrons. The van der Waals surface area contributed by atoms with Gasteiger partial charge in [-0.15, -0.1) is 0 Å². The second-order valence-electron chi connectivity index (χ2n) is 8.66. The van der Waals surface area contributed by atoms with Gasteiger partial charge < -0.3 is 20.3 Å². The summed E-state index contributed by atoms with van der Waals surface area (Å²) in [5, 5.41) is 6.13. The Morgan fingerprint density at radius 3 is 2.81 bits per heavy atom. The fraction of sp³-hybridized carbons (Fsp3) is 0.600. The summed E-state index contributed by atoms with van der Waals surface area (Å²) in [5.74, 6) is 1.05. The first kappa shape index (κ1) is 24.9. The summed E-state index contributed by atoms with van der Waals surface area (Å²) in [6, 6.07) is 5.59. The van der Waals surface area contributed by atoms with Crippen LogP contribution >= 0.6 is 0 Å². The van der Waals surface area contributed by atoms with Crippen molar-refractivity contribution in [1.82, 2.24) is 10.2 Å². The van der Waals surface area contributed by atoms with E-state index < -0.39 is 0 Å². The summed E-state index contributed by atoms with van der Waals surface area (Å²) in [7, 11) is 1.90. The van der Waals surface area contributed by atoms with Gasteiger partial charge in [-0.1, -0.05) is 32.1 Å². The first-order chi connectivity index (χ1) is 14.9. The topological polar surface area (TPSA) is 70.7 Å². The van der Waals surface area contributed by atoms with E-state index in [2.05, 4.69) is 36.6 Å². The number of amides is 2. The van der Waals surface area contributed by atoms with Gasteiger partial charge in [0.1, 0.15) is 5.75 Å². The molecule has 1 fully saturated rings. The number of piperidine rings is 1. The van der Waals surface area contributed by atoms with Crippen molar-refractivity contribution < 1.29 is 14.3 Å². The number of rotatable bonds is 10. The Hall–Kier alpha value is -2.34. The van der Waals surface area contributed by atoms with E-state index >= 15 is 0 Å². The van der Waals surface area contributed by atoms with Gasteiger partial charge in [0.05, 0.1) is 0 Å². The molecule has 1 aromatic carbocycles. The molecule has 1 heterocycles. The molecule has 172 valence electrons. The fourth-order valence-electron chi connectivity index (χ4n) is 3.83. The van der Waals surface area contributed by atoms with E-state index in [4.69, 9.17) is 4.74 Å². The summed E-state index contributed by atoms with van der Waals surface area (Å²) < 4.78 is 5.73. The van der Waals surface area contributed by atoms with Gasteiger partial charge in [0, 0.05) is 36.8 Å². The van der Waals surface area contributed by atoms with Gasteiger partial charge in [0.2, 0.25) is 5.91 Å². The Bertz CT molecular complexity index is 744. The largest absolute Gasteiger partial charge is 0.415 e. The number of anilines is 1. The zero-order chi connectivity index (χ0) is 22.6. The van der Waals surface area contributed by atoms with Crippen molar-refractivity contribution in [3.63, 3.8) is 0 Å². The summed E-state index contributed by atoms with van der Waals surface area (Å²) in [6.07, 6.45) is 10.5. The van der Waals surface area contributed by atoms with Gasteiger partial charge >= 0.3 is 6.09 Å². The summed E-state index contributed by atoms with van der Waals surface area (Å²) >= 11 is 0. The number of likely N-dealkylation sites (tertiary alicyclic amines) is 1. The summed E-state index contributed by atoms with van der Waals surface area (Å²) in [6.45, 7) is 7.66. The van der Waals surface area contributed by atoms with Gasteiger partial charge in [-0.2, -0.15) is 0 Å². The van der Waals surface area contributed by atoms with E-state index in [9.17, 15) is 9.59 Å². The molecule has 1 atom stereocenters. The Morgan fingerprint density at radius 2 is 2.06 bits per heavy atom. The van der Waals surface area contributed by atoms with Gasteiger partial charge in [0.25, 0.3) is 0 Å². The normalized spacial score (nSPS) is 16.7. The molecule has 0 spiro atoms. The molecular formula is C25H39N3O3. The molecule has 1 unspecified atom stereocenters. The molecule has 0 aromatic heterocycles. The predicted octanol–water partition coefficient (Wildman–Crippen LogP) is 5.28. The zero-order valence-corrected chi connectivity index (χ0v) is 19.6. The third-order valence-electron chi connectivity index (χ3n) is 5.60. The van der Waals surface area contributed by atoms with Crippen LogP contribution in [0.4, 0.5) is 10.5 Å². The molecule has 1 aromatic rings. The standard InChI is InChI=1S/C25H39N3O3/c1-19(2)12-7-5-6-8-16-24(29)27-22-14-11-15-23(20(22)3)31-25(30)28-17-10-9-13-21(28)18-26-4/h7,11-12,14-15,19,21,26H,5-6,8-10,13,16-18H2,1-4H3,(H,27,29). The van der Waals surface area contributed by atoms with Crippen LogP contribution in [0.3, 0.4) is 0 Å². The number of ether oxygens (including phenoxy) is 1. The van der Waals surface area contributed by atoms with E-state index in [0.717, 1.165) is 50.6 Å². The number of unbranched alkanes of at least 4 members (excludes halogenated alkanes) is 2. The maximum absolute atomic E-state index is 12.8. The maximum Gasteiger partial charge on any atom is 0.415 e. The van der Waals surface area contributed by atoms with Crippen LogP contribution in [0.5, 0.6) is 5.75 Å². The molecule has 2 rings (SSSR count). The molecule has 6 heteroatoms. The van der Waals surface area contributed by atoms with Crippen molar-refractivity contribution in [2.45, 2.75) is 71.8 Å². The second kappa shape index (κ2) is 13.2. The lowest BCUT2D eigenvalue weighted by atomic mass is 10.0. The van der Waals surface area contributed by atoms with Crippen LogP contribution in [0.25, 0.3) is 0 Å². The smallest absolute Gasteiger partial charge is 0.410 e. The second-order valence-corrected chi connectivity index (χ2v) is 8.66. The Morgan fingerprint density at radius 1 is 1.26 bits per heavy atom. The van der Waals surface area contributed by atoms with Gasteiger partial charge in [0.15, 0.2) is 0 Å². The number of hydrogen-bond donors (Lipinski definition) is 2. The first-order valence-electron chi connectivity index (χ1n) is 11.6. The van der Waals surface area contributed by atoms with Gasteiger partial charge in [-0.25, -0.2) is 4.79 Å². The number of likely N-dealkylation sites (N-methyl/N-ethyl adjacent to an activating group) is 1. The van der Waals surface area contributed by atoms with E-state index in [1.165, 1.54) is 0 Å². The van der Waals surface area contributed by atoms with Crippen LogP contribution in [0.15, 0.2) is 30.4 Å². The lowest BCUT2D eigenvalue weighted by Crippen LogP contribution is -2.49. The molecule has 1 saturated heterocycles. The van der Waals surface area contributed by atoms with Gasteiger partial charge in [-0.05, 0) is 70.5 Å². The lowest BCUT2D eigenvalue weighted by Gasteiger charge is -2.34. The number of nitrogens with one attached hydrogen (secondary N) is 2. The number of allylic oxidation sites excluding steroid dienone is 2. The predicted molar refractivity (Wildman–Crippen MR) is 127 cm³/mol. The third kappa shape index (κ3) is 8.37. The minimum absolute atomic E-state index is 0.00969. The van der Waals surface area contributed by atoms with Crippen molar-refractivity contribution in [1.29, 1.82) is 0 Å². The highest BCUT2D eigenvalue weighted by Crippen LogP contribution is 2.27. The molecule has 2 amide bonds. The fourth-order valence-corrected chi connectivity index (χ4v) is 3.83. The Labute approximate surface area is 187 Å². The van der Waals surface area contributed by atoms with Crippen molar-refractivity contribution in [3.05, 3.63) is 35.9 Å². The van der Waals surface area contributed by atoms with E-state index in [0.29, 0.717) is 30.3 Å². The SMILES string of the molecule is CNCC1CCCCN1C(=O)Oc1cccc(NC(=O)CCCCC=CC(C)C)c1C. The van der Waals surface area contributed by atoms with E-state index in [-0.39, 0.29) is 18.0 Å². The average Bonchev–Trinajstić information content (AvgIpc) is 2.74. The minimum Gasteiger partial charge on any atom is -0.410 e. The van der Waals surface area contributed by atoms with E-state index in [1.807, 2.05) is 31.0 Å². The van der Waals surface area contributed by atoms with E-state index in [1.54, 1.807) is 6.07 Å². The molecule has 0 saturated carbocycles. The van der Waals surface area contributed by atoms with Crippen LogP contribution in [0.1, 0.15) is 64.4 Å². The average molecular weight is 430 g/mol. The quantitative estimate of drug-likeness (QED) is 0.392. The number of hydrogen-bond acceptors (Lipinski definition) is 4. The number of carbonyl (C=O) groups is 2. The van der Waals surface area contributed by atoms with Crippen LogP contribution in [0.2, 0.25) is 0 Å².